The number of carbonyl (C=O) groups is 1. The molecule has 0 spiro atoms. The predicted octanol–water partition coefficient (Wildman–Crippen LogP) is 5.70. The number of benzene rings is 3. The molecule has 0 amide bonds. The number of fused-ring (bicyclic) bond motifs is 1. The minimum atomic E-state index is -0.927. The topological polar surface area (TPSA) is 50.4 Å². The van der Waals surface area contributed by atoms with Crippen LogP contribution in [0.5, 0.6) is 0 Å². The third-order valence-electron chi connectivity index (χ3n) is 4.68. The Morgan fingerprint density at radius 3 is 2.31 bits per heavy atom. The minimum Gasteiger partial charge on any atom is -0.478 e. The third-order valence-corrected chi connectivity index (χ3v) is 4.68. The van der Waals surface area contributed by atoms with Crippen molar-refractivity contribution in [2.24, 2.45) is 0 Å². The Balaban J connectivity index is 1.67. The highest BCUT2D eigenvalue weighted by Crippen LogP contribution is 2.29. The van der Waals surface area contributed by atoms with Crippen molar-refractivity contribution in [3.05, 3.63) is 95.2 Å². The van der Waals surface area contributed by atoms with Crippen molar-refractivity contribution in [3.63, 3.8) is 0 Å². The summed E-state index contributed by atoms with van der Waals surface area (Å²) in [6, 6.07) is 23.7. The lowest BCUT2D eigenvalue weighted by Crippen LogP contribution is -1.95. The summed E-state index contributed by atoms with van der Waals surface area (Å²) in [7, 11) is 0. The summed E-state index contributed by atoms with van der Waals surface area (Å²) in [5, 5.41) is 10.1. The quantitative estimate of drug-likeness (QED) is 0.518. The molecule has 1 aromatic heterocycles. The Labute approximate surface area is 151 Å². The van der Waals surface area contributed by atoms with E-state index in [0.29, 0.717) is 6.42 Å². The van der Waals surface area contributed by atoms with Crippen LogP contribution in [0, 0.1) is 6.92 Å². The van der Waals surface area contributed by atoms with Crippen molar-refractivity contribution in [2.45, 2.75) is 13.3 Å². The van der Waals surface area contributed by atoms with E-state index in [4.69, 9.17) is 4.42 Å². The predicted molar refractivity (Wildman–Crippen MR) is 103 cm³/mol. The van der Waals surface area contributed by atoms with Gasteiger partial charge in [-0.3, -0.25) is 0 Å². The molecular weight excluding hydrogens is 324 g/mol. The van der Waals surface area contributed by atoms with Crippen LogP contribution in [0.2, 0.25) is 0 Å². The summed E-state index contributed by atoms with van der Waals surface area (Å²) in [6.45, 7) is 1.92. The van der Waals surface area contributed by atoms with Gasteiger partial charge < -0.3 is 9.52 Å². The van der Waals surface area contributed by atoms with Crippen molar-refractivity contribution in [2.75, 3.05) is 0 Å². The van der Waals surface area contributed by atoms with Crippen LogP contribution in [0.4, 0.5) is 0 Å². The van der Waals surface area contributed by atoms with Gasteiger partial charge in [-0.15, -0.1) is 0 Å². The third kappa shape index (κ3) is 3.00. The minimum absolute atomic E-state index is 0.277. The lowest BCUT2D eigenvalue weighted by Gasteiger charge is -2.05. The average Bonchev–Trinajstić information content (AvgIpc) is 2.98. The monoisotopic (exact) mass is 342 g/mol. The van der Waals surface area contributed by atoms with Gasteiger partial charge in [-0.1, -0.05) is 54.6 Å². The molecule has 3 heteroatoms. The van der Waals surface area contributed by atoms with Crippen LogP contribution in [-0.2, 0) is 6.42 Å². The molecule has 0 aliphatic heterocycles. The van der Waals surface area contributed by atoms with Crippen LogP contribution in [0.1, 0.15) is 27.2 Å². The van der Waals surface area contributed by atoms with Crippen molar-refractivity contribution in [1.82, 2.24) is 0 Å². The fourth-order valence-electron chi connectivity index (χ4n) is 3.27. The highest BCUT2D eigenvalue weighted by Gasteiger charge is 2.14. The second kappa shape index (κ2) is 6.52. The summed E-state index contributed by atoms with van der Waals surface area (Å²) in [5.74, 6) is -0.0985. The molecule has 0 saturated carbocycles. The first kappa shape index (κ1) is 16.2. The Hall–Kier alpha value is -3.33. The molecule has 0 bridgehead atoms. The molecular formula is C23H18O3. The SMILES string of the molecule is Cc1oc2ccc(C(=O)O)cc2c1Cc1ccc(-c2ccccc2)cc1. The number of hydrogen-bond acceptors (Lipinski definition) is 2. The number of carboxylic acids is 1. The van der Waals surface area contributed by atoms with Gasteiger partial charge in [0.05, 0.1) is 5.56 Å². The van der Waals surface area contributed by atoms with Gasteiger partial charge >= 0.3 is 5.97 Å². The molecule has 0 aliphatic rings. The van der Waals surface area contributed by atoms with Gasteiger partial charge in [-0.2, -0.15) is 0 Å². The summed E-state index contributed by atoms with van der Waals surface area (Å²) in [5.41, 5.74) is 5.57. The van der Waals surface area contributed by atoms with E-state index in [1.165, 1.54) is 11.1 Å². The summed E-state index contributed by atoms with van der Waals surface area (Å²) < 4.78 is 5.81. The first-order valence-corrected chi connectivity index (χ1v) is 8.51. The van der Waals surface area contributed by atoms with E-state index in [-0.39, 0.29) is 5.56 Å². The normalized spacial score (nSPS) is 11.0. The van der Waals surface area contributed by atoms with E-state index in [9.17, 15) is 9.90 Å². The maximum absolute atomic E-state index is 11.3. The van der Waals surface area contributed by atoms with Gasteiger partial charge in [0.1, 0.15) is 11.3 Å². The Bertz CT molecular complexity index is 1070. The van der Waals surface area contributed by atoms with Gasteiger partial charge in [-0.25, -0.2) is 4.79 Å². The van der Waals surface area contributed by atoms with Gasteiger partial charge in [0.2, 0.25) is 0 Å². The fraction of sp³-hybridized carbons (Fsp3) is 0.0870. The smallest absolute Gasteiger partial charge is 0.335 e. The molecule has 0 atom stereocenters. The molecule has 3 nitrogen and oxygen atoms in total. The van der Waals surface area contributed by atoms with E-state index >= 15 is 0 Å². The number of hydrogen-bond donors (Lipinski definition) is 1. The van der Waals surface area contributed by atoms with Gasteiger partial charge in [-0.05, 0) is 41.8 Å². The van der Waals surface area contributed by atoms with Crippen LogP contribution in [0.15, 0.2) is 77.2 Å². The molecule has 1 N–H and O–H groups in total. The molecule has 3 aromatic carbocycles. The van der Waals surface area contributed by atoms with E-state index in [2.05, 4.69) is 36.4 Å². The molecule has 0 unspecified atom stereocenters. The Morgan fingerprint density at radius 2 is 1.62 bits per heavy atom. The zero-order valence-corrected chi connectivity index (χ0v) is 14.4. The van der Waals surface area contributed by atoms with E-state index in [1.807, 2.05) is 25.1 Å². The standard InChI is InChI=1S/C23H18O3/c1-15-20(21-14-19(23(24)25)11-12-22(21)26-15)13-16-7-9-18(10-8-16)17-5-3-2-4-6-17/h2-12,14H,13H2,1H3,(H,24,25). The van der Waals surface area contributed by atoms with Crippen LogP contribution in [-0.4, -0.2) is 11.1 Å². The molecule has 26 heavy (non-hydrogen) atoms. The zero-order chi connectivity index (χ0) is 18.1. The van der Waals surface area contributed by atoms with Gasteiger partial charge in [0.25, 0.3) is 0 Å². The van der Waals surface area contributed by atoms with Crippen LogP contribution >= 0.6 is 0 Å². The lowest BCUT2D eigenvalue weighted by atomic mass is 9.98. The number of furan rings is 1. The highest BCUT2D eigenvalue weighted by atomic mass is 16.4. The van der Waals surface area contributed by atoms with E-state index < -0.39 is 5.97 Å². The van der Waals surface area contributed by atoms with Crippen LogP contribution in [0.25, 0.3) is 22.1 Å². The molecule has 0 aliphatic carbocycles. The van der Waals surface area contributed by atoms with Crippen molar-refractivity contribution in [3.8, 4) is 11.1 Å². The second-order valence-electron chi connectivity index (χ2n) is 6.39. The first-order valence-electron chi connectivity index (χ1n) is 8.51. The zero-order valence-electron chi connectivity index (χ0n) is 14.4. The molecule has 4 aromatic rings. The Kier molecular flexibility index (Phi) is 4.05. The number of rotatable bonds is 4. The van der Waals surface area contributed by atoms with Gasteiger partial charge in [0, 0.05) is 17.4 Å². The Morgan fingerprint density at radius 1 is 0.923 bits per heavy atom. The summed E-state index contributed by atoms with van der Waals surface area (Å²) in [4.78, 5) is 11.3. The average molecular weight is 342 g/mol. The summed E-state index contributed by atoms with van der Waals surface area (Å²) in [6.07, 6.45) is 0.705. The van der Waals surface area contributed by atoms with Crippen molar-refractivity contribution in [1.29, 1.82) is 0 Å². The highest BCUT2D eigenvalue weighted by molar-refractivity contribution is 5.94. The second-order valence-corrected chi connectivity index (χ2v) is 6.39. The van der Waals surface area contributed by atoms with Crippen molar-refractivity contribution >= 4 is 16.9 Å². The molecule has 0 fully saturated rings. The lowest BCUT2D eigenvalue weighted by molar-refractivity contribution is 0.0697. The summed E-state index contributed by atoms with van der Waals surface area (Å²) >= 11 is 0. The molecule has 0 radical (unpaired) electrons. The van der Waals surface area contributed by atoms with Crippen LogP contribution < -0.4 is 0 Å². The van der Waals surface area contributed by atoms with Crippen LogP contribution in [0.3, 0.4) is 0 Å². The molecule has 128 valence electrons. The van der Waals surface area contributed by atoms with E-state index in [1.54, 1.807) is 18.2 Å². The fourth-order valence-corrected chi connectivity index (χ4v) is 3.27. The van der Waals surface area contributed by atoms with E-state index in [0.717, 1.165) is 27.9 Å². The molecule has 1 heterocycles. The van der Waals surface area contributed by atoms with Crippen molar-refractivity contribution < 1.29 is 14.3 Å². The number of carboxylic acid groups (broad SMARTS) is 1. The largest absolute Gasteiger partial charge is 0.478 e. The maximum atomic E-state index is 11.3. The number of aromatic carboxylic acids is 1. The first-order chi connectivity index (χ1) is 12.6. The maximum Gasteiger partial charge on any atom is 0.335 e. The number of aryl methyl sites for hydroxylation is 1. The van der Waals surface area contributed by atoms with Gasteiger partial charge in [0.15, 0.2) is 0 Å². The molecule has 0 saturated heterocycles. The molecule has 4 rings (SSSR count).